The number of hydrogen-bond acceptors (Lipinski definition) is 4. The summed E-state index contributed by atoms with van der Waals surface area (Å²) in [5.74, 6) is -0.892. The fourth-order valence-corrected chi connectivity index (χ4v) is 2.29. The fourth-order valence-electron chi connectivity index (χ4n) is 0.762. The SMILES string of the molecule is CCC(F)(F)S(=O)(=O)C(F)(F)CC.CCS(=O)(=O)C(F)(F)F. The Balaban J connectivity index is 0. The van der Waals surface area contributed by atoms with E-state index in [1.54, 1.807) is 0 Å². The van der Waals surface area contributed by atoms with Crippen molar-refractivity contribution in [2.24, 2.45) is 0 Å². The molecular weight excluding hydrogens is 369 g/mol. The lowest BCUT2D eigenvalue weighted by molar-refractivity contribution is -0.0434. The van der Waals surface area contributed by atoms with Gasteiger partial charge in [-0.15, -0.1) is 0 Å². The maximum absolute atomic E-state index is 12.5. The minimum atomic E-state index is -5.70. The predicted octanol–water partition coefficient (Wildman–Crippen LogP) is 3.35. The monoisotopic (exact) mass is 384 g/mol. The van der Waals surface area contributed by atoms with Crippen LogP contribution in [0.25, 0.3) is 0 Å². The molecule has 0 aromatic heterocycles. The van der Waals surface area contributed by atoms with Crippen molar-refractivity contribution >= 4 is 19.7 Å². The summed E-state index contributed by atoms with van der Waals surface area (Å²) in [7, 11) is -10.5. The third-order valence-electron chi connectivity index (χ3n) is 2.34. The van der Waals surface area contributed by atoms with E-state index in [0.29, 0.717) is 0 Å². The summed E-state index contributed by atoms with van der Waals surface area (Å²) in [6.45, 7) is 2.62. The van der Waals surface area contributed by atoms with E-state index in [9.17, 15) is 47.6 Å². The molecule has 136 valence electrons. The van der Waals surface area contributed by atoms with Crippen molar-refractivity contribution in [2.45, 2.75) is 49.6 Å². The highest BCUT2D eigenvalue weighted by Crippen LogP contribution is 2.38. The van der Waals surface area contributed by atoms with Crippen molar-refractivity contribution in [1.29, 1.82) is 0 Å². The van der Waals surface area contributed by atoms with Crippen molar-refractivity contribution in [3.05, 3.63) is 0 Å². The van der Waals surface area contributed by atoms with E-state index in [4.69, 9.17) is 0 Å². The molecule has 0 aliphatic carbocycles. The Labute approximate surface area is 123 Å². The average molecular weight is 384 g/mol. The van der Waals surface area contributed by atoms with Gasteiger partial charge >= 0.3 is 16.0 Å². The zero-order chi connectivity index (χ0) is 18.6. The molecular formula is C9H15F7O4S2. The molecule has 0 atom stereocenters. The van der Waals surface area contributed by atoms with Gasteiger partial charge in [0.15, 0.2) is 0 Å². The molecule has 0 heterocycles. The van der Waals surface area contributed by atoms with Crippen LogP contribution in [0.2, 0.25) is 0 Å². The first-order valence-corrected chi connectivity index (χ1v) is 8.85. The molecule has 0 N–H and O–H groups in total. The van der Waals surface area contributed by atoms with E-state index in [1.807, 2.05) is 0 Å². The van der Waals surface area contributed by atoms with Crippen molar-refractivity contribution in [1.82, 2.24) is 0 Å². The molecule has 4 nitrogen and oxygen atoms in total. The average Bonchev–Trinajstić information content (AvgIpc) is 2.37. The van der Waals surface area contributed by atoms with Gasteiger partial charge in [0.25, 0.3) is 9.84 Å². The van der Waals surface area contributed by atoms with Gasteiger partial charge in [0, 0.05) is 12.8 Å². The summed E-state index contributed by atoms with van der Waals surface area (Å²) in [5, 5.41) is -8.71. The quantitative estimate of drug-likeness (QED) is 0.682. The number of hydrogen-bond donors (Lipinski definition) is 0. The second kappa shape index (κ2) is 7.32. The van der Waals surface area contributed by atoms with Crippen LogP contribution in [-0.4, -0.2) is 38.6 Å². The second-order valence-electron chi connectivity index (χ2n) is 3.83. The molecule has 0 radical (unpaired) electrons. The van der Waals surface area contributed by atoms with Gasteiger partial charge in [-0.05, 0) is 0 Å². The van der Waals surface area contributed by atoms with E-state index in [2.05, 4.69) is 0 Å². The molecule has 0 amide bonds. The first-order chi connectivity index (χ1) is 9.43. The first-order valence-electron chi connectivity index (χ1n) is 5.72. The summed E-state index contributed by atoms with van der Waals surface area (Å²) >= 11 is 0. The highest BCUT2D eigenvalue weighted by molar-refractivity contribution is 7.93. The molecule has 0 aliphatic heterocycles. The van der Waals surface area contributed by atoms with Gasteiger partial charge in [0.05, 0.1) is 5.75 Å². The smallest absolute Gasteiger partial charge is 0.220 e. The lowest BCUT2D eigenvalue weighted by atomic mass is 10.5. The highest BCUT2D eigenvalue weighted by atomic mass is 32.2. The van der Waals surface area contributed by atoms with Crippen LogP contribution in [0.1, 0.15) is 33.6 Å². The summed E-state index contributed by atoms with van der Waals surface area (Å²) in [5.41, 5.74) is -5.08. The third kappa shape index (κ3) is 5.25. The maximum Gasteiger partial charge on any atom is 0.497 e. The third-order valence-corrected chi connectivity index (χ3v) is 5.96. The van der Waals surface area contributed by atoms with E-state index in [1.165, 1.54) is 0 Å². The molecule has 0 bridgehead atoms. The zero-order valence-electron chi connectivity index (χ0n) is 11.7. The Kier molecular flexibility index (Phi) is 7.88. The van der Waals surface area contributed by atoms with Gasteiger partial charge in [-0.1, -0.05) is 20.8 Å². The summed E-state index contributed by atoms with van der Waals surface area (Å²) in [6.07, 6.45) is -2.30. The number of alkyl halides is 7. The minimum absolute atomic E-state index is 0.837. The molecule has 22 heavy (non-hydrogen) atoms. The van der Waals surface area contributed by atoms with E-state index in [-0.39, 0.29) is 0 Å². The molecule has 0 aliphatic rings. The Morgan fingerprint density at radius 1 is 0.682 bits per heavy atom. The lowest BCUT2D eigenvalue weighted by Crippen LogP contribution is -2.41. The first kappa shape index (κ1) is 23.7. The standard InChI is InChI=1S/C6H10F4O2S.C3H5F3O2S/c1-3-5(7,8)13(11,12)6(9,10)4-2;1-2-9(7,8)3(4,5)6/h3-4H2,1-2H3;2H2,1H3. The van der Waals surface area contributed by atoms with Crippen LogP contribution in [0.4, 0.5) is 30.7 Å². The summed E-state index contributed by atoms with van der Waals surface area (Å²) in [4.78, 5) is 0. The van der Waals surface area contributed by atoms with E-state index >= 15 is 0 Å². The van der Waals surface area contributed by atoms with E-state index < -0.39 is 54.3 Å². The van der Waals surface area contributed by atoms with Gasteiger partial charge in [0.1, 0.15) is 0 Å². The van der Waals surface area contributed by atoms with Crippen molar-refractivity contribution in [2.75, 3.05) is 5.75 Å². The topological polar surface area (TPSA) is 68.3 Å². The molecule has 0 fully saturated rings. The molecule has 0 unspecified atom stereocenters. The van der Waals surface area contributed by atoms with Gasteiger partial charge in [-0.25, -0.2) is 16.8 Å². The van der Waals surface area contributed by atoms with Gasteiger partial charge in [-0.3, -0.25) is 0 Å². The number of halogens is 7. The molecule has 0 aromatic carbocycles. The van der Waals surface area contributed by atoms with Crippen LogP contribution >= 0.6 is 0 Å². The van der Waals surface area contributed by atoms with E-state index in [0.717, 1.165) is 20.8 Å². The summed E-state index contributed by atoms with van der Waals surface area (Å²) in [6, 6.07) is 0. The molecule has 0 saturated heterocycles. The van der Waals surface area contributed by atoms with Crippen LogP contribution in [0.3, 0.4) is 0 Å². The largest absolute Gasteiger partial charge is 0.497 e. The second-order valence-corrected chi connectivity index (χ2v) is 8.31. The van der Waals surface area contributed by atoms with Gasteiger partial charge in [-0.2, -0.15) is 30.7 Å². The minimum Gasteiger partial charge on any atom is -0.220 e. The van der Waals surface area contributed by atoms with Crippen LogP contribution < -0.4 is 0 Å². The van der Waals surface area contributed by atoms with Crippen molar-refractivity contribution < 1.29 is 47.6 Å². The van der Waals surface area contributed by atoms with Crippen LogP contribution in [0.15, 0.2) is 0 Å². The Morgan fingerprint density at radius 3 is 1.05 bits per heavy atom. The van der Waals surface area contributed by atoms with Crippen LogP contribution in [-0.2, 0) is 19.7 Å². The number of rotatable bonds is 5. The molecule has 0 rings (SSSR count). The van der Waals surface area contributed by atoms with Gasteiger partial charge in [0.2, 0.25) is 9.84 Å². The molecule has 0 aromatic rings. The highest BCUT2D eigenvalue weighted by Gasteiger charge is 2.58. The van der Waals surface area contributed by atoms with Gasteiger partial charge < -0.3 is 0 Å². The molecule has 0 saturated carbocycles. The maximum atomic E-state index is 12.5. The molecule has 13 heteroatoms. The Hall–Kier alpha value is -0.590. The van der Waals surface area contributed by atoms with Crippen molar-refractivity contribution in [3.8, 4) is 0 Å². The predicted molar refractivity (Wildman–Crippen MR) is 64.9 cm³/mol. The molecule has 0 spiro atoms. The number of sulfone groups is 2. The normalized spacial score (nSPS) is 14.3. The lowest BCUT2D eigenvalue weighted by Gasteiger charge is -2.21. The van der Waals surface area contributed by atoms with Crippen LogP contribution in [0, 0.1) is 0 Å². The zero-order valence-corrected chi connectivity index (χ0v) is 13.3. The Bertz CT molecular complexity index is 527. The summed E-state index contributed by atoms with van der Waals surface area (Å²) < 4.78 is 125. The Morgan fingerprint density at radius 2 is 0.955 bits per heavy atom. The fraction of sp³-hybridized carbons (Fsp3) is 1.00. The van der Waals surface area contributed by atoms with Crippen molar-refractivity contribution in [3.63, 3.8) is 0 Å². The van der Waals surface area contributed by atoms with Crippen LogP contribution in [0.5, 0.6) is 0 Å².